The van der Waals surface area contributed by atoms with E-state index in [2.05, 4.69) is 12.2 Å². The van der Waals surface area contributed by atoms with E-state index in [1.165, 1.54) is 31.9 Å². The molecule has 0 unspecified atom stereocenters. The Hall–Kier alpha value is -0.620. The standard InChI is InChI=1S/C17H32N2O3S/c1-5-19(12(2)11-23(4,21)22)10-17(20)18-13(3)16-9-14-6-7-15(16)8-14/h12-16H,5-11H2,1-4H3,(H,18,20)/t12-,13+,14-,15-,16-/m0/s1. The van der Waals surface area contributed by atoms with Gasteiger partial charge in [-0.3, -0.25) is 9.69 Å². The molecular formula is C17H32N2O3S. The van der Waals surface area contributed by atoms with E-state index in [-0.39, 0.29) is 30.3 Å². The Morgan fingerprint density at radius 3 is 2.43 bits per heavy atom. The molecule has 0 saturated heterocycles. The highest BCUT2D eigenvalue weighted by molar-refractivity contribution is 7.90. The second-order valence-electron chi connectivity index (χ2n) is 7.70. The van der Waals surface area contributed by atoms with Crippen molar-refractivity contribution in [3.8, 4) is 0 Å². The van der Waals surface area contributed by atoms with Crippen molar-refractivity contribution in [2.45, 2.75) is 58.5 Å². The van der Waals surface area contributed by atoms with Crippen molar-refractivity contribution in [2.24, 2.45) is 17.8 Å². The molecule has 5 atom stereocenters. The maximum atomic E-state index is 12.4. The summed E-state index contributed by atoms with van der Waals surface area (Å²) in [5.74, 6) is 2.41. The number of carbonyl (C=O) groups is 1. The lowest BCUT2D eigenvalue weighted by Gasteiger charge is -2.31. The largest absolute Gasteiger partial charge is 0.352 e. The van der Waals surface area contributed by atoms with Crippen LogP contribution in [-0.2, 0) is 14.6 Å². The fraction of sp³-hybridized carbons (Fsp3) is 0.941. The van der Waals surface area contributed by atoms with Gasteiger partial charge < -0.3 is 5.32 Å². The fourth-order valence-corrected chi connectivity index (χ4v) is 5.71. The topological polar surface area (TPSA) is 66.5 Å². The summed E-state index contributed by atoms with van der Waals surface area (Å²) in [6, 6.07) is 0.0836. The highest BCUT2D eigenvalue weighted by Gasteiger charge is 2.42. The van der Waals surface area contributed by atoms with Gasteiger partial charge in [0.25, 0.3) is 0 Å². The van der Waals surface area contributed by atoms with Crippen molar-refractivity contribution < 1.29 is 13.2 Å². The molecule has 2 saturated carbocycles. The smallest absolute Gasteiger partial charge is 0.234 e. The third-order valence-electron chi connectivity index (χ3n) is 5.74. The molecule has 134 valence electrons. The maximum absolute atomic E-state index is 12.4. The Balaban J connectivity index is 1.82. The normalized spacial score (nSPS) is 29.7. The number of hydrogen-bond acceptors (Lipinski definition) is 4. The number of carbonyl (C=O) groups excluding carboxylic acids is 1. The molecule has 2 aliphatic rings. The van der Waals surface area contributed by atoms with Crippen molar-refractivity contribution in [1.29, 1.82) is 0 Å². The van der Waals surface area contributed by atoms with E-state index in [0.717, 1.165) is 11.8 Å². The van der Waals surface area contributed by atoms with E-state index in [4.69, 9.17) is 0 Å². The highest BCUT2D eigenvalue weighted by atomic mass is 32.2. The van der Waals surface area contributed by atoms with Crippen molar-refractivity contribution in [2.75, 3.05) is 25.1 Å². The SMILES string of the molecule is CCN(CC(=O)N[C@H](C)[C@@H]1C[C@H]2CC[C@H]1C2)[C@@H](C)CS(C)(=O)=O. The summed E-state index contributed by atoms with van der Waals surface area (Å²) in [4.78, 5) is 14.3. The first-order valence-electron chi connectivity index (χ1n) is 8.90. The molecule has 5 nitrogen and oxygen atoms in total. The summed E-state index contributed by atoms with van der Waals surface area (Å²) < 4.78 is 22.9. The van der Waals surface area contributed by atoms with Crippen LogP contribution in [0.2, 0.25) is 0 Å². The Bertz CT molecular complexity index is 520. The maximum Gasteiger partial charge on any atom is 0.234 e. The summed E-state index contributed by atoms with van der Waals surface area (Å²) >= 11 is 0. The number of likely N-dealkylation sites (N-methyl/N-ethyl adjacent to an activating group) is 1. The molecule has 2 rings (SSSR count). The second kappa shape index (κ2) is 7.51. The average molecular weight is 345 g/mol. The second-order valence-corrected chi connectivity index (χ2v) is 9.88. The van der Waals surface area contributed by atoms with Crippen LogP contribution in [0.5, 0.6) is 0 Å². The van der Waals surface area contributed by atoms with Gasteiger partial charge in [0.15, 0.2) is 0 Å². The van der Waals surface area contributed by atoms with Gasteiger partial charge in [0, 0.05) is 18.3 Å². The van der Waals surface area contributed by atoms with Gasteiger partial charge in [0.1, 0.15) is 9.84 Å². The van der Waals surface area contributed by atoms with Gasteiger partial charge in [0.05, 0.1) is 12.3 Å². The molecule has 0 spiro atoms. The Labute approximate surface area is 141 Å². The molecule has 1 N–H and O–H groups in total. The first kappa shape index (κ1) is 18.7. The predicted molar refractivity (Wildman–Crippen MR) is 93.0 cm³/mol. The average Bonchev–Trinajstić information content (AvgIpc) is 3.05. The molecule has 2 aliphatic carbocycles. The van der Waals surface area contributed by atoms with E-state index in [0.29, 0.717) is 12.5 Å². The molecule has 0 aromatic rings. The van der Waals surface area contributed by atoms with Crippen molar-refractivity contribution in [1.82, 2.24) is 10.2 Å². The lowest BCUT2D eigenvalue weighted by atomic mass is 9.84. The summed E-state index contributed by atoms with van der Waals surface area (Å²) in [6.07, 6.45) is 6.54. The summed E-state index contributed by atoms with van der Waals surface area (Å²) in [7, 11) is -3.03. The van der Waals surface area contributed by atoms with Crippen molar-refractivity contribution in [3.05, 3.63) is 0 Å². The minimum atomic E-state index is -3.03. The molecule has 0 aliphatic heterocycles. The van der Waals surface area contributed by atoms with Crippen molar-refractivity contribution in [3.63, 3.8) is 0 Å². The molecule has 0 heterocycles. The van der Waals surface area contributed by atoms with E-state index in [9.17, 15) is 13.2 Å². The lowest BCUT2D eigenvalue weighted by molar-refractivity contribution is -0.123. The van der Waals surface area contributed by atoms with E-state index in [1.807, 2.05) is 18.7 Å². The van der Waals surface area contributed by atoms with Gasteiger partial charge in [-0.05, 0) is 57.4 Å². The van der Waals surface area contributed by atoms with Crippen LogP contribution in [0, 0.1) is 17.8 Å². The van der Waals surface area contributed by atoms with Crippen LogP contribution in [0.1, 0.15) is 46.5 Å². The number of nitrogens with one attached hydrogen (secondary N) is 1. The molecule has 0 radical (unpaired) electrons. The van der Waals surface area contributed by atoms with Crippen LogP contribution in [-0.4, -0.2) is 56.4 Å². The number of hydrogen-bond donors (Lipinski definition) is 1. The van der Waals surface area contributed by atoms with Gasteiger partial charge >= 0.3 is 0 Å². The summed E-state index contributed by atoms with van der Waals surface area (Å²) in [6.45, 7) is 6.91. The van der Waals surface area contributed by atoms with E-state index in [1.54, 1.807) is 0 Å². The number of fused-ring (bicyclic) bond motifs is 2. The molecule has 2 bridgehead atoms. The first-order chi connectivity index (χ1) is 10.7. The molecule has 0 aromatic carbocycles. The lowest BCUT2D eigenvalue weighted by Crippen LogP contribution is -2.48. The van der Waals surface area contributed by atoms with Gasteiger partial charge in [-0.15, -0.1) is 0 Å². The molecule has 23 heavy (non-hydrogen) atoms. The number of amides is 1. The van der Waals surface area contributed by atoms with Crippen LogP contribution in [0.3, 0.4) is 0 Å². The number of rotatable bonds is 8. The predicted octanol–water partition coefficient (Wildman–Crippen LogP) is 1.68. The monoisotopic (exact) mass is 344 g/mol. The summed E-state index contributed by atoms with van der Waals surface area (Å²) in [5, 5.41) is 3.16. The highest BCUT2D eigenvalue weighted by Crippen LogP contribution is 2.49. The van der Waals surface area contributed by atoms with E-state index >= 15 is 0 Å². The Morgan fingerprint density at radius 1 is 1.26 bits per heavy atom. The quantitative estimate of drug-likeness (QED) is 0.727. The molecule has 1 amide bonds. The van der Waals surface area contributed by atoms with Crippen molar-refractivity contribution >= 4 is 15.7 Å². The van der Waals surface area contributed by atoms with E-state index < -0.39 is 9.84 Å². The minimum Gasteiger partial charge on any atom is -0.352 e. The first-order valence-corrected chi connectivity index (χ1v) is 11.0. The third kappa shape index (κ3) is 5.18. The van der Waals surface area contributed by atoms with Crippen LogP contribution in [0.25, 0.3) is 0 Å². The molecule has 0 aromatic heterocycles. The minimum absolute atomic E-state index is 0.0162. The fourth-order valence-electron chi connectivity index (χ4n) is 4.62. The van der Waals surface area contributed by atoms with Crippen LogP contribution < -0.4 is 5.32 Å². The molecule has 6 heteroatoms. The molecule has 2 fully saturated rings. The zero-order chi connectivity index (χ0) is 17.2. The van der Waals surface area contributed by atoms with Gasteiger partial charge in [-0.25, -0.2) is 8.42 Å². The Morgan fingerprint density at radius 2 is 1.96 bits per heavy atom. The Kier molecular flexibility index (Phi) is 6.11. The third-order valence-corrected chi connectivity index (χ3v) is 6.83. The summed E-state index contributed by atoms with van der Waals surface area (Å²) in [5.41, 5.74) is 0. The van der Waals surface area contributed by atoms with Crippen LogP contribution in [0.15, 0.2) is 0 Å². The number of nitrogens with zero attached hydrogens (tertiary/aromatic N) is 1. The van der Waals surface area contributed by atoms with Gasteiger partial charge in [0.2, 0.25) is 5.91 Å². The number of sulfone groups is 1. The molecular weight excluding hydrogens is 312 g/mol. The van der Waals surface area contributed by atoms with Gasteiger partial charge in [-0.1, -0.05) is 13.3 Å². The zero-order valence-corrected chi connectivity index (χ0v) is 15.7. The van der Waals surface area contributed by atoms with Crippen LogP contribution >= 0.6 is 0 Å². The van der Waals surface area contributed by atoms with Gasteiger partial charge in [-0.2, -0.15) is 0 Å². The van der Waals surface area contributed by atoms with Crippen LogP contribution in [0.4, 0.5) is 0 Å². The zero-order valence-electron chi connectivity index (χ0n) is 14.9.